The highest BCUT2D eigenvalue weighted by Gasteiger charge is 1.95. The molecule has 0 aliphatic rings. The van der Waals surface area contributed by atoms with E-state index in [1.54, 1.807) is 0 Å². The molecule has 0 atom stereocenters. The van der Waals surface area contributed by atoms with Crippen LogP contribution in [0.15, 0.2) is 33.7 Å². The van der Waals surface area contributed by atoms with Gasteiger partial charge < -0.3 is 0 Å². The molecule has 0 N–H and O–H groups in total. The molecule has 0 aliphatic heterocycles. The fraction of sp³-hybridized carbons (Fsp3) is 0. The Hall–Kier alpha value is -1.03. The molecule has 4 nitrogen and oxygen atoms in total. The summed E-state index contributed by atoms with van der Waals surface area (Å²) < 4.78 is 12.5. The zero-order valence-electron chi connectivity index (χ0n) is 5.71. The van der Waals surface area contributed by atoms with Gasteiger partial charge in [0.25, 0.3) is 0 Å². The van der Waals surface area contributed by atoms with Gasteiger partial charge in [-0.15, -0.1) is 0 Å². The van der Waals surface area contributed by atoms with Gasteiger partial charge in [0.1, 0.15) is 0 Å². The molecule has 0 bridgehead atoms. The summed E-state index contributed by atoms with van der Waals surface area (Å²) >= 11 is 10.3. The summed E-state index contributed by atoms with van der Waals surface area (Å²) in [6, 6.07) is 0. The van der Waals surface area contributed by atoms with Crippen molar-refractivity contribution in [3.63, 3.8) is 0 Å². The van der Waals surface area contributed by atoms with Crippen molar-refractivity contribution in [2.24, 2.45) is 10.1 Å². The number of nitrogens with zero attached hydrogens (tertiary/aromatic N) is 4. The SMILES string of the molecule is C=C(Cl)/C(F)=C\N=C(\Cl)N=[N+]=[N-]. The minimum absolute atomic E-state index is 0.302. The molecule has 64 valence electrons. The number of rotatable bonds is 2. The summed E-state index contributed by atoms with van der Waals surface area (Å²) in [7, 11) is 0. The Labute approximate surface area is 77.6 Å². The molecule has 0 radical (unpaired) electrons. The van der Waals surface area contributed by atoms with E-state index in [0.29, 0.717) is 6.20 Å². The number of amidine groups is 1. The van der Waals surface area contributed by atoms with E-state index in [1.165, 1.54) is 0 Å². The van der Waals surface area contributed by atoms with Gasteiger partial charge in [-0.05, 0) is 10.6 Å². The molecule has 0 unspecified atom stereocenters. The standard InChI is InChI=1S/C5H3Cl2FN4/c1-3(6)4(8)2-10-5(7)11-12-9/h2H,1H2/b4-2+,10-5-. The highest BCUT2D eigenvalue weighted by Crippen LogP contribution is 2.13. The lowest BCUT2D eigenvalue weighted by Gasteiger charge is -1.87. The van der Waals surface area contributed by atoms with Crippen LogP contribution in [0.3, 0.4) is 0 Å². The van der Waals surface area contributed by atoms with Crippen LogP contribution in [0.5, 0.6) is 0 Å². The summed E-state index contributed by atoms with van der Waals surface area (Å²) in [5.41, 5.74) is 7.85. The minimum Gasteiger partial charge on any atom is -0.240 e. The summed E-state index contributed by atoms with van der Waals surface area (Å²) in [5.74, 6) is -0.844. The van der Waals surface area contributed by atoms with E-state index in [2.05, 4.69) is 21.6 Å². The molecule has 0 heterocycles. The zero-order chi connectivity index (χ0) is 9.56. The third-order valence-electron chi connectivity index (χ3n) is 0.671. The van der Waals surface area contributed by atoms with E-state index >= 15 is 0 Å². The molecule has 7 heteroatoms. The third kappa shape index (κ3) is 4.73. The molecule has 0 fully saturated rings. The quantitative estimate of drug-likeness (QED) is 0.127. The number of allylic oxidation sites excluding steroid dienone is 2. The predicted molar refractivity (Wildman–Crippen MR) is 46.6 cm³/mol. The van der Waals surface area contributed by atoms with Crippen LogP contribution in [0.4, 0.5) is 4.39 Å². The molecule has 0 saturated heterocycles. The average Bonchev–Trinajstić information content (AvgIpc) is 2.00. The third-order valence-corrected chi connectivity index (χ3v) is 1.02. The Kier molecular flexibility index (Phi) is 5.12. The number of azide groups is 1. The van der Waals surface area contributed by atoms with Crippen LogP contribution in [0.1, 0.15) is 0 Å². The van der Waals surface area contributed by atoms with Gasteiger partial charge in [0.15, 0.2) is 11.1 Å². The highest BCUT2D eigenvalue weighted by molar-refractivity contribution is 6.65. The zero-order valence-corrected chi connectivity index (χ0v) is 7.22. The van der Waals surface area contributed by atoms with Crippen molar-refractivity contribution in [1.82, 2.24) is 0 Å². The molecule has 12 heavy (non-hydrogen) atoms. The Morgan fingerprint density at radius 3 is 2.58 bits per heavy atom. The molecule has 0 aliphatic carbocycles. The summed E-state index contributed by atoms with van der Waals surface area (Å²) in [6.07, 6.45) is 0.701. The van der Waals surface area contributed by atoms with Gasteiger partial charge in [-0.1, -0.05) is 29.8 Å². The van der Waals surface area contributed by atoms with E-state index in [-0.39, 0.29) is 5.03 Å². The van der Waals surface area contributed by atoms with Crippen LogP contribution in [0.2, 0.25) is 0 Å². The maximum atomic E-state index is 12.5. The van der Waals surface area contributed by atoms with Crippen molar-refractivity contribution in [3.8, 4) is 0 Å². The lowest BCUT2D eigenvalue weighted by molar-refractivity contribution is 0.660. The summed E-state index contributed by atoms with van der Waals surface area (Å²) in [4.78, 5) is 5.53. The molecule has 0 spiro atoms. The van der Waals surface area contributed by atoms with Crippen molar-refractivity contribution in [1.29, 1.82) is 0 Å². The Balaban J connectivity index is 4.47. The van der Waals surface area contributed by atoms with Crippen LogP contribution in [0, 0.1) is 0 Å². The molecule has 0 amide bonds. The first kappa shape index (κ1) is 11.0. The smallest absolute Gasteiger partial charge is 0.193 e. The number of hydrogen-bond donors (Lipinski definition) is 0. The Morgan fingerprint density at radius 1 is 1.58 bits per heavy atom. The Bertz CT molecular complexity index is 274. The van der Waals surface area contributed by atoms with Crippen LogP contribution >= 0.6 is 23.2 Å². The van der Waals surface area contributed by atoms with Gasteiger partial charge in [-0.3, -0.25) is 0 Å². The van der Waals surface area contributed by atoms with Gasteiger partial charge in [-0.2, -0.15) is 0 Å². The summed E-state index contributed by atoms with van der Waals surface area (Å²) in [5, 5.41) is 2.14. The fourth-order valence-electron chi connectivity index (χ4n) is 0.243. The van der Waals surface area contributed by atoms with Crippen molar-refractivity contribution in [3.05, 3.63) is 34.1 Å². The van der Waals surface area contributed by atoms with Gasteiger partial charge in [0.05, 0.1) is 11.2 Å². The number of halogens is 3. The first-order chi connectivity index (χ1) is 5.57. The molecule has 0 aromatic rings. The van der Waals surface area contributed by atoms with Crippen LogP contribution in [-0.4, -0.2) is 5.29 Å². The van der Waals surface area contributed by atoms with Crippen LogP contribution in [-0.2, 0) is 0 Å². The fourth-order valence-corrected chi connectivity index (χ4v) is 0.374. The highest BCUT2D eigenvalue weighted by atomic mass is 35.5. The number of hydrogen-bond acceptors (Lipinski definition) is 1. The van der Waals surface area contributed by atoms with Gasteiger partial charge in [-0.25, -0.2) is 9.38 Å². The Morgan fingerprint density at radius 2 is 2.17 bits per heavy atom. The van der Waals surface area contributed by atoms with E-state index in [9.17, 15) is 4.39 Å². The lowest BCUT2D eigenvalue weighted by Crippen LogP contribution is -1.76. The van der Waals surface area contributed by atoms with Gasteiger partial charge >= 0.3 is 0 Å². The monoisotopic (exact) mass is 208 g/mol. The molecular weight excluding hydrogens is 206 g/mol. The second-order valence-electron chi connectivity index (χ2n) is 1.47. The van der Waals surface area contributed by atoms with Crippen molar-refractivity contribution in [2.45, 2.75) is 0 Å². The number of aliphatic imine (C=N–C) groups is 1. The topological polar surface area (TPSA) is 61.1 Å². The molecule has 0 aromatic heterocycles. The first-order valence-electron chi connectivity index (χ1n) is 2.56. The maximum absolute atomic E-state index is 12.5. The van der Waals surface area contributed by atoms with Crippen molar-refractivity contribution < 1.29 is 4.39 Å². The van der Waals surface area contributed by atoms with E-state index in [4.69, 9.17) is 28.7 Å². The normalized spacial score (nSPS) is 12.2. The van der Waals surface area contributed by atoms with Crippen molar-refractivity contribution >= 4 is 28.5 Å². The molecule has 0 rings (SSSR count). The van der Waals surface area contributed by atoms with Crippen molar-refractivity contribution in [2.75, 3.05) is 0 Å². The molecular formula is C5H3Cl2FN4. The van der Waals surface area contributed by atoms with Crippen LogP contribution < -0.4 is 0 Å². The van der Waals surface area contributed by atoms with E-state index in [1.807, 2.05) is 0 Å². The minimum atomic E-state index is -0.844. The first-order valence-corrected chi connectivity index (χ1v) is 3.32. The summed E-state index contributed by atoms with van der Waals surface area (Å²) in [6.45, 7) is 3.09. The van der Waals surface area contributed by atoms with Gasteiger partial charge in [0, 0.05) is 4.91 Å². The predicted octanol–water partition coefficient (Wildman–Crippen LogP) is 3.45. The average molecular weight is 209 g/mol. The lowest BCUT2D eigenvalue weighted by atomic mass is 10.5. The maximum Gasteiger partial charge on any atom is 0.193 e. The molecule has 0 saturated carbocycles. The van der Waals surface area contributed by atoms with Crippen LogP contribution in [0.25, 0.3) is 10.4 Å². The molecule has 0 aromatic carbocycles. The van der Waals surface area contributed by atoms with E-state index < -0.39 is 11.1 Å². The van der Waals surface area contributed by atoms with Gasteiger partial charge in [0.2, 0.25) is 0 Å². The second-order valence-corrected chi connectivity index (χ2v) is 2.26. The largest absolute Gasteiger partial charge is 0.240 e. The second kappa shape index (κ2) is 5.60. The van der Waals surface area contributed by atoms with E-state index in [0.717, 1.165) is 0 Å².